The third-order valence-corrected chi connectivity index (χ3v) is 4.47. The summed E-state index contributed by atoms with van der Waals surface area (Å²) in [6, 6.07) is 14.2. The number of carbonyl (C=O) groups is 2. The first-order valence-corrected chi connectivity index (χ1v) is 8.17. The highest BCUT2D eigenvalue weighted by atomic mass is 16.6. The highest BCUT2D eigenvalue weighted by Crippen LogP contribution is 2.43. The van der Waals surface area contributed by atoms with Gasteiger partial charge in [0.25, 0.3) is 0 Å². The Labute approximate surface area is 157 Å². The molecule has 0 unspecified atom stereocenters. The minimum atomic E-state index is -0.949. The van der Waals surface area contributed by atoms with Gasteiger partial charge in [0.1, 0.15) is 11.3 Å². The van der Waals surface area contributed by atoms with Gasteiger partial charge in [-0.3, -0.25) is 19.7 Å². The zero-order valence-electron chi connectivity index (χ0n) is 14.2. The van der Waals surface area contributed by atoms with Crippen LogP contribution >= 0.6 is 0 Å². The Kier molecular flexibility index (Phi) is 3.82. The van der Waals surface area contributed by atoms with Crippen LogP contribution in [0.3, 0.4) is 0 Å². The van der Waals surface area contributed by atoms with Crippen LogP contribution in [-0.4, -0.2) is 26.7 Å². The lowest BCUT2D eigenvalue weighted by atomic mass is 9.82. The Morgan fingerprint density at radius 3 is 2.14 bits per heavy atom. The molecular weight excluding hydrogens is 364 g/mol. The normalized spacial score (nSPS) is 12.3. The molecule has 8 nitrogen and oxygen atoms in total. The summed E-state index contributed by atoms with van der Waals surface area (Å²) in [5, 5.41) is 34.3. The molecule has 0 fully saturated rings. The second-order valence-electron chi connectivity index (χ2n) is 6.18. The molecular formula is C20H12N2O6. The van der Waals surface area contributed by atoms with Crippen molar-refractivity contribution in [1.82, 2.24) is 0 Å². The fourth-order valence-electron chi connectivity index (χ4n) is 3.25. The van der Waals surface area contributed by atoms with Gasteiger partial charge in [-0.05, 0) is 30.3 Å². The first-order valence-electron chi connectivity index (χ1n) is 8.17. The predicted molar refractivity (Wildman–Crippen MR) is 99.5 cm³/mol. The third kappa shape index (κ3) is 2.55. The SMILES string of the molecule is O=C1c2cc(Nc3ccccc3)ccc2C(=O)c2c1c(O)cc(O)c2[N+](=O)[O-]. The minimum Gasteiger partial charge on any atom is -0.507 e. The zero-order valence-corrected chi connectivity index (χ0v) is 14.2. The average molecular weight is 376 g/mol. The molecule has 0 spiro atoms. The summed E-state index contributed by atoms with van der Waals surface area (Å²) in [6.45, 7) is 0. The van der Waals surface area contributed by atoms with Gasteiger partial charge in [0, 0.05) is 28.6 Å². The molecule has 8 heteroatoms. The largest absolute Gasteiger partial charge is 0.507 e. The summed E-state index contributed by atoms with van der Waals surface area (Å²) in [6.07, 6.45) is 0. The van der Waals surface area contributed by atoms with Gasteiger partial charge in [0.05, 0.1) is 10.5 Å². The maximum atomic E-state index is 12.9. The van der Waals surface area contributed by atoms with Crippen molar-refractivity contribution in [2.45, 2.75) is 0 Å². The molecule has 0 saturated heterocycles. The van der Waals surface area contributed by atoms with E-state index in [2.05, 4.69) is 5.32 Å². The number of hydrogen-bond donors (Lipinski definition) is 3. The molecule has 3 aromatic carbocycles. The number of carbonyl (C=O) groups excluding carboxylic acids is 2. The molecule has 1 aliphatic rings. The van der Waals surface area contributed by atoms with E-state index in [0.29, 0.717) is 11.8 Å². The quantitative estimate of drug-likeness (QED) is 0.368. The lowest BCUT2D eigenvalue weighted by Crippen LogP contribution is -2.22. The number of rotatable bonds is 3. The molecule has 0 heterocycles. The van der Waals surface area contributed by atoms with E-state index in [1.54, 1.807) is 6.07 Å². The molecule has 0 radical (unpaired) electrons. The van der Waals surface area contributed by atoms with Crippen LogP contribution in [0.2, 0.25) is 0 Å². The maximum absolute atomic E-state index is 12.9. The second kappa shape index (κ2) is 6.20. The van der Waals surface area contributed by atoms with Crippen molar-refractivity contribution in [3.63, 3.8) is 0 Å². The van der Waals surface area contributed by atoms with Crippen molar-refractivity contribution >= 4 is 28.6 Å². The molecule has 0 bridgehead atoms. The van der Waals surface area contributed by atoms with Crippen LogP contribution in [-0.2, 0) is 0 Å². The van der Waals surface area contributed by atoms with E-state index in [0.717, 1.165) is 5.69 Å². The number of nitro groups is 1. The summed E-state index contributed by atoms with van der Waals surface area (Å²) in [5.41, 5.74) is -0.730. The Bertz CT molecular complexity index is 1170. The summed E-state index contributed by atoms with van der Waals surface area (Å²) in [5.74, 6) is -3.12. The van der Waals surface area contributed by atoms with Crippen LogP contribution in [0.4, 0.5) is 17.1 Å². The lowest BCUT2D eigenvalue weighted by Gasteiger charge is -2.19. The minimum absolute atomic E-state index is 0.00807. The molecule has 0 aromatic heterocycles. The van der Waals surface area contributed by atoms with Crippen LogP contribution in [0.5, 0.6) is 11.5 Å². The number of nitrogens with zero attached hydrogens (tertiary/aromatic N) is 1. The zero-order chi connectivity index (χ0) is 20.0. The first-order chi connectivity index (χ1) is 13.4. The number of aromatic hydroxyl groups is 2. The van der Waals surface area contributed by atoms with E-state index >= 15 is 0 Å². The molecule has 0 atom stereocenters. The predicted octanol–water partition coefficient (Wildman–Crippen LogP) is 3.53. The molecule has 1 aliphatic carbocycles. The molecule has 4 rings (SSSR count). The van der Waals surface area contributed by atoms with Crippen molar-refractivity contribution in [3.05, 3.63) is 87.0 Å². The number of benzene rings is 3. The van der Waals surface area contributed by atoms with Gasteiger partial charge >= 0.3 is 5.69 Å². The Balaban J connectivity index is 1.87. The average Bonchev–Trinajstić information content (AvgIpc) is 2.66. The third-order valence-electron chi connectivity index (χ3n) is 4.47. The van der Waals surface area contributed by atoms with Crippen molar-refractivity contribution < 1.29 is 24.7 Å². The smallest absolute Gasteiger partial charge is 0.322 e. The summed E-state index contributed by atoms with van der Waals surface area (Å²) < 4.78 is 0. The van der Waals surface area contributed by atoms with Gasteiger partial charge in [-0.1, -0.05) is 18.2 Å². The molecule has 0 aliphatic heterocycles. The van der Waals surface area contributed by atoms with Gasteiger partial charge < -0.3 is 15.5 Å². The monoisotopic (exact) mass is 376 g/mol. The number of phenols is 2. The Morgan fingerprint density at radius 1 is 0.786 bits per heavy atom. The fraction of sp³-hybridized carbons (Fsp3) is 0. The number of anilines is 2. The van der Waals surface area contributed by atoms with E-state index in [-0.39, 0.29) is 11.1 Å². The summed E-state index contributed by atoms with van der Waals surface area (Å²) >= 11 is 0. The van der Waals surface area contributed by atoms with E-state index in [4.69, 9.17) is 0 Å². The van der Waals surface area contributed by atoms with Crippen LogP contribution in [0.1, 0.15) is 31.8 Å². The number of phenolic OH excluding ortho intramolecular Hbond substituents is 2. The van der Waals surface area contributed by atoms with Crippen molar-refractivity contribution in [2.24, 2.45) is 0 Å². The standard InChI is InChI=1S/C20H12N2O6/c23-14-9-15(24)18(22(27)28)17-16(14)20(26)13-8-11(6-7-12(13)19(17)25)21-10-4-2-1-3-5-10/h1-9,21,23-24H. The van der Waals surface area contributed by atoms with Crippen LogP contribution in [0, 0.1) is 10.1 Å². The number of ketones is 2. The Hall–Kier alpha value is -4.20. The number of fused-ring (bicyclic) bond motifs is 2. The highest BCUT2D eigenvalue weighted by Gasteiger charge is 2.40. The molecule has 3 N–H and O–H groups in total. The first kappa shape index (κ1) is 17.2. The number of nitrogens with one attached hydrogen (secondary N) is 1. The van der Waals surface area contributed by atoms with Gasteiger partial charge in [0.15, 0.2) is 11.5 Å². The maximum Gasteiger partial charge on any atom is 0.322 e. The lowest BCUT2D eigenvalue weighted by molar-refractivity contribution is -0.386. The molecule has 0 amide bonds. The second-order valence-corrected chi connectivity index (χ2v) is 6.18. The summed E-state index contributed by atoms with van der Waals surface area (Å²) in [4.78, 5) is 36.1. The van der Waals surface area contributed by atoms with E-state index < -0.39 is 44.8 Å². The van der Waals surface area contributed by atoms with Crippen molar-refractivity contribution in [3.8, 4) is 11.5 Å². The number of nitro benzene ring substituents is 1. The van der Waals surface area contributed by atoms with Crippen LogP contribution < -0.4 is 5.32 Å². The molecule has 0 saturated carbocycles. The van der Waals surface area contributed by atoms with E-state index in [1.807, 2.05) is 30.3 Å². The van der Waals surface area contributed by atoms with Crippen LogP contribution in [0.15, 0.2) is 54.6 Å². The van der Waals surface area contributed by atoms with E-state index in [1.165, 1.54) is 12.1 Å². The van der Waals surface area contributed by atoms with Gasteiger partial charge in [-0.25, -0.2) is 0 Å². The Morgan fingerprint density at radius 2 is 1.46 bits per heavy atom. The van der Waals surface area contributed by atoms with Crippen molar-refractivity contribution in [2.75, 3.05) is 5.32 Å². The van der Waals surface area contributed by atoms with Crippen LogP contribution in [0.25, 0.3) is 0 Å². The fourth-order valence-corrected chi connectivity index (χ4v) is 3.25. The van der Waals surface area contributed by atoms with Gasteiger partial charge in [-0.2, -0.15) is 0 Å². The topological polar surface area (TPSA) is 130 Å². The molecule has 3 aromatic rings. The van der Waals surface area contributed by atoms with Crippen molar-refractivity contribution in [1.29, 1.82) is 0 Å². The number of hydrogen-bond acceptors (Lipinski definition) is 7. The highest BCUT2D eigenvalue weighted by molar-refractivity contribution is 6.31. The van der Waals surface area contributed by atoms with Gasteiger partial charge in [-0.15, -0.1) is 0 Å². The summed E-state index contributed by atoms with van der Waals surface area (Å²) in [7, 11) is 0. The molecule has 28 heavy (non-hydrogen) atoms. The van der Waals surface area contributed by atoms with E-state index in [9.17, 15) is 29.9 Å². The van der Waals surface area contributed by atoms with Gasteiger partial charge in [0.2, 0.25) is 5.78 Å². The molecule has 138 valence electrons. The number of para-hydroxylation sites is 1.